The Morgan fingerprint density at radius 2 is 1.79 bits per heavy atom. The van der Waals surface area contributed by atoms with Crippen LogP contribution in [0.4, 0.5) is 0 Å². The van der Waals surface area contributed by atoms with E-state index in [4.69, 9.17) is 16.3 Å². The summed E-state index contributed by atoms with van der Waals surface area (Å²) in [6.07, 6.45) is 2.99. The Kier molecular flexibility index (Phi) is 5.98. The fourth-order valence-corrected chi connectivity index (χ4v) is 2.11. The van der Waals surface area contributed by atoms with Crippen LogP contribution in [0.25, 0.3) is 6.08 Å². The quantitative estimate of drug-likeness (QED) is 0.661. The average molecular weight is 345 g/mol. The van der Waals surface area contributed by atoms with Crippen LogP contribution < -0.4 is 15.6 Å². The first-order valence-corrected chi connectivity index (χ1v) is 7.56. The minimum absolute atomic E-state index is 0.229. The van der Waals surface area contributed by atoms with Crippen LogP contribution in [0, 0.1) is 6.92 Å². The third-order valence-corrected chi connectivity index (χ3v) is 3.44. The fourth-order valence-electron chi connectivity index (χ4n) is 1.93. The minimum Gasteiger partial charge on any atom is -0.496 e. The van der Waals surface area contributed by atoms with Gasteiger partial charge in [0.15, 0.2) is 0 Å². The first-order chi connectivity index (χ1) is 11.5. The molecule has 2 aromatic carbocycles. The molecule has 0 bridgehead atoms. The maximum Gasteiger partial charge on any atom is 0.273 e. The van der Waals surface area contributed by atoms with Crippen molar-refractivity contribution in [3.8, 4) is 5.75 Å². The summed E-state index contributed by atoms with van der Waals surface area (Å²) in [6, 6.07) is 12.3. The number of hydrogen-bond donors (Lipinski definition) is 2. The Morgan fingerprint density at radius 3 is 2.46 bits per heavy atom. The molecule has 0 spiro atoms. The third kappa shape index (κ3) is 4.86. The number of hydrazine groups is 1. The molecular formula is C18H17ClN2O3. The smallest absolute Gasteiger partial charge is 0.273 e. The van der Waals surface area contributed by atoms with Gasteiger partial charge >= 0.3 is 0 Å². The average Bonchev–Trinajstić information content (AvgIpc) is 2.59. The van der Waals surface area contributed by atoms with E-state index in [-0.39, 0.29) is 5.56 Å². The first kappa shape index (κ1) is 17.6. The molecule has 2 amide bonds. The van der Waals surface area contributed by atoms with Gasteiger partial charge in [-0.05, 0) is 36.8 Å². The molecule has 0 aliphatic carbocycles. The van der Waals surface area contributed by atoms with Crippen molar-refractivity contribution >= 4 is 29.5 Å². The van der Waals surface area contributed by atoms with Crippen LogP contribution in [0.3, 0.4) is 0 Å². The number of amides is 2. The molecule has 0 aliphatic rings. The maximum absolute atomic E-state index is 12.1. The highest BCUT2D eigenvalue weighted by molar-refractivity contribution is 6.31. The van der Waals surface area contributed by atoms with Crippen molar-refractivity contribution in [2.75, 3.05) is 7.11 Å². The van der Waals surface area contributed by atoms with Gasteiger partial charge in [0.2, 0.25) is 0 Å². The molecule has 0 radical (unpaired) electrons. The lowest BCUT2D eigenvalue weighted by molar-refractivity contribution is -0.117. The topological polar surface area (TPSA) is 67.4 Å². The SMILES string of the molecule is COc1ccc(Cl)cc1C(=O)NNC(=O)/C=C/c1ccc(C)cc1. The summed E-state index contributed by atoms with van der Waals surface area (Å²) in [7, 11) is 1.45. The number of hydrogen-bond acceptors (Lipinski definition) is 3. The van der Waals surface area contributed by atoms with Gasteiger partial charge in [0.25, 0.3) is 11.8 Å². The molecule has 0 aromatic heterocycles. The summed E-state index contributed by atoms with van der Waals surface area (Å²) in [5, 5.41) is 0.395. The number of aryl methyl sites for hydroxylation is 1. The van der Waals surface area contributed by atoms with Gasteiger partial charge in [0.1, 0.15) is 5.75 Å². The van der Waals surface area contributed by atoms with Crippen molar-refractivity contribution in [3.05, 3.63) is 70.3 Å². The lowest BCUT2D eigenvalue weighted by atomic mass is 10.1. The van der Waals surface area contributed by atoms with Gasteiger partial charge < -0.3 is 4.74 Å². The zero-order valence-electron chi connectivity index (χ0n) is 13.3. The molecular weight excluding hydrogens is 328 g/mol. The van der Waals surface area contributed by atoms with Gasteiger partial charge in [-0.2, -0.15) is 0 Å². The molecule has 2 rings (SSSR count). The van der Waals surface area contributed by atoms with Gasteiger partial charge in [0, 0.05) is 11.1 Å². The molecule has 0 heterocycles. The monoisotopic (exact) mass is 344 g/mol. The Hall–Kier alpha value is -2.79. The molecule has 2 N–H and O–H groups in total. The molecule has 0 fully saturated rings. The summed E-state index contributed by atoms with van der Waals surface area (Å²) in [5.41, 5.74) is 6.88. The van der Waals surface area contributed by atoms with E-state index >= 15 is 0 Å². The van der Waals surface area contributed by atoms with E-state index in [0.29, 0.717) is 10.8 Å². The van der Waals surface area contributed by atoms with Crippen molar-refractivity contribution in [2.24, 2.45) is 0 Å². The molecule has 5 nitrogen and oxygen atoms in total. The lowest BCUT2D eigenvalue weighted by Gasteiger charge is -2.09. The van der Waals surface area contributed by atoms with Gasteiger partial charge in [-0.15, -0.1) is 0 Å². The molecule has 0 saturated carbocycles. The third-order valence-electron chi connectivity index (χ3n) is 3.21. The zero-order chi connectivity index (χ0) is 17.5. The van der Waals surface area contributed by atoms with Crippen LogP contribution in [-0.2, 0) is 4.79 Å². The van der Waals surface area contributed by atoms with Gasteiger partial charge in [-0.25, -0.2) is 0 Å². The number of halogens is 1. The largest absolute Gasteiger partial charge is 0.496 e. The van der Waals surface area contributed by atoms with Crippen LogP contribution in [0.15, 0.2) is 48.5 Å². The highest BCUT2D eigenvalue weighted by Crippen LogP contribution is 2.22. The van der Waals surface area contributed by atoms with Crippen LogP contribution in [0.1, 0.15) is 21.5 Å². The Labute approximate surface area is 145 Å². The molecule has 2 aromatic rings. The van der Waals surface area contributed by atoms with Crippen molar-refractivity contribution < 1.29 is 14.3 Å². The second kappa shape index (κ2) is 8.17. The van der Waals surface area contributed by atoms with Crippen LogP contribution in [0.2, 0.25) is 5.02 Å². The Bertz CT molecular complexity index is 770. The van der Waals surface area contributed by atoms with Crippen molar-refractivity contribution in [1.29, 1.82) is 0 Å². The highest BCUT2D eigenvalue weighted by atomic mass is 35.5. The highest BCUT2D eigenvalue weighted by Gasteiger charge is 2.13. The molecule has 0 saturated heterocycles. The zero-order valence-corrected chi connectivity index (χ0v) is 14.1. The number of ether oxygens (including phenoxy) is 1. The molecule has 124 valence electrons. The summed E-state index contributed by atoms with van der Waals surface area (Å²) in [4.78, 5) is 23.9. The molecule has 6 heteroatoms. The second-order valence-corrected chi connectivity index (χ2v) is 5.47. The standard InChI is InChI=1S/C18H17ClN2O3/c1-12-3-5-13(6-4-12)7-10-17(22)20-21-18(23)15-11-14(19)8-9-16(15)24-2/h3-11H,1-2H3,(H,20,22)(H,21,23)/b10-7+. The Balaban J connectivity index is 1.95. The lowest BCUT2D eigenvalue weighted by Crippen LogP contribution is -2.40. The first-order valence-electron chi connectivity index (χ1n) is 7.18. The maximum atomic E-state index is 12.1. The summed E-state index contributed by atoms with van der Waals surface area (Å²) >= 11 is 5.88. The van der Waals surface area contributed by atoms with E-state index in [9.17, 15) is 9.59 Å². The number of methoxy groups -OCH3 is 1. The van der Waals surface area contributed by atoms with E-state index in [2.05, 4.69) is 10.9 Å². The molecule has 0 unspecified atom stereocenters. The molecule has 0 aliphatic heterocycles. The minimum atomic E-state index is -0.522. The van der Waals surface area contributed by atoms with Crippen LogP contribution in [-0.4, -0.2) is 18.9 Å². The molecule has 24 heavy (non-hydrogen) atoms. The van der Waals surface area contributed by atoms with Crippen LogP contribution >= 0.6 is 11.6 Å². The van der Waals surface area contributed by atoms with Gasteiger partial charge in [-0.3, -0.25) is 20.4 Å². The number of carbonyl (C=O) groups excluding carboxylic acids is 2. The van der Waals surface area contributed by atoms with Gasteiger partial charge in [0.05, 0.1) is 12.7 Å². The summed E-state index contributed by atoms with van der Waals surface area (Å²) in [5.74, 6) is -0.613. The van der Waals surface area contributed by atoms with Crippen molar-refractivity contribution in [3.63, 3.8) is 0 Å². The van der Waals surface area contributed by atoms with E-state index in [1.807, 2.05) is 31.2 Å². The van der Waals surface area contributed by atoms with E-state index < -0.39 is 11.8 Å². The second-order valence-electron chi connectivity index (χ2n) is 5.03. The fraction of sp³-hybridized carbons (Fsp3) is 0.111. The number of carbonyl (C=O) groups is 2. The Morgan fingerprint density at radius 1 is 1.08 bits per heavy atom. The van der Waals surface area contributed by atoms with Gasteiger partial charge in [-0.1, -0.05) is 41.4 Å². The normalized spacial score (nSPS) is 10.5. The summed E-state index contributed by atoms with van der Waals surface area (Å²) in [6.45, 7) is 1.99. The predicted octanol–water partition coefficient (Wildman–Crippen LogP) is 3.13. The number of nitrogens with one attached hydrogen (secondary N) is 2. The predicted molar refractivity (Wildman–Crippen MR) is 93.8 cm³/mol. The number of benzene rings is 2. The van der Waals surface area contributed by atoms with E-state index in [0.717, 1.165) is 11.1 Å². The van der Waals surface area contributed by atoms with E-state index in [1.54, 1.807) is 18.2 Å². The molecule has 0 atom stereocenters. The van der Waals surface area contributed by atoms with Crippen LogP contribution in [0.5, 0.6) is 5.75 Å². The van der Waals surface area contributed by atoms with Crippen molar-refractivity contribution in [1.82, 2.24) is 10.9 Å². The summed E-state index contributed by atoms with van der Waals surface area (Å²) < 4.78 is 5.10. The van der Waals surface area contributed by atoms with Crippen molar-refractivity contribution in [2.45, 2.75) is 6.92 Å². The van der Waals surface area contributed by atoms with E-state index in [1.165, 1.54) is 19.3 Å². The number of rotatable bonds is 4.